The van der Waals surface area contributed by atoms with Crippen LogP contribution in [0, 0.1) is 0 Å². The Morgan fingerprint density at radius 3 is 2.57 bits per heavy atom. The maximum absolute atomic E-state index is 13.2. The lowest BCUT2D eigenvalue weighted by Crippen LogP contribution is -2.50. The molecule has 1 heterocycles. The number of amides is 2. The van der Waals surface area contributed by atoms with Crippen LogP contribution in [0.5, 0.6) is 0 Å². The number of nitrogens with zero attached hydrogens (tertiary/aromatic N) is 2. The lowest BCUT2D eigenvalue weighted by molar-refractivity contribution is -0.127. The number of carbonyl (C=O) groups excluding carboxylic acids is 2. The van der Waals surface area contributed by atoms with Gasteiger partial charge in [-0.1, -0.05) is 36.4 Å². The zero-order valence-corrected chi connectivity index (χ0v) is 20.3. The zero-order valence-electron chi connectivity index (χ0n) is 20.3. The van der Waals surface area contributed by atoms with Gasteiger partial charge in [-0.05, 0) is 69.1 Å². The van der Waals surface area contributed by atoms with Crippen LogP contribution in [0.15, 0.2) is 66.9 Å². The average molecular weight is 477 g/mol. The largest absolute Gasteiger partial charge is 0.343 e. The summed E-state index contributed by atoms with van der Waals surface area (Å²) in [5.74, 6) is -0.588. The fourth-order valence-corrected chi connectivity index (χ4v) is 3.93. The van der Waals surface area contributed by atoms with Crippen LogP contribution in [-0.4, -0.2) is 60.5 Å². The predicted molar refractivity (Wildman–Crippen MR) is 141 cm³/mol. The summed E-state index contributed by atoms with van der Waals surface area (Å²) in [6.07, 6.45) is 4.15. The number of aryl methyl sites for hydroxylation is 1. The van der Waals surface area contributed by atoms with Crippen molar-refractivity contribution in [3.63, 3.8) is 0 Å². The number of hydrogen-bond donors (Lipinski definition) is 4. The summed E-state index contributed by atoms with van der Waals surface area (Å²) in [4.78, 5) is 32.5. The number of fused-ring (bicyclic) bond motifs is 1. The topological polar surface area (TPSA) is 126 Å². The fraction of sp³-hybridized carbons (Fsp3) is 0.370. The van der Waals surface area contributed by atoms with Gasteiger partial charge in [-0.25, -0.2) is 0 Å². The molecule has 2 aromatic carbocycles. The second-order valence-electron chi connectivity index (χ2n) is 8.83. The number of rotatable bonds is 13. The van der Waals surface area contributed by atoms with E-state index in [0.717, 1.165) is 36.0 Å². The molecule has 2 atom stereocenters. The highest BCUT2D eigenvalue weighted by molar-refractivity contribution is 5.99. The molecule has 8 nitrogen and oxygen atoms in total. The highest BCUT2D eigenvalue weighted by Crippen LogP contribution is 2.18. The minimum absolute atomic E-state index is 0.271. The smallest absolute Gasteiger partial charge is 0.246 e. The molecule has 0 aliphatic carbocycles. The molecule has 6 N–H and O–H groups in total. The Balaban J connectivity index is 1.63. The maximum Gasteiger partial charge on any atom is 0.246 e. The third-order valence-electron chi connectivity index (χ3n) is 5.97. The first-order valence-corrected chi connectivity index (χ1v) is 12.1. The van der Waals surface area contributed by atoms with Crippen LogP contribution in [0.4, 0.5) is 5.69 Å². The Bertz CT molecular complexity index is 1090. The molecule has 0 unspecified atom stereocenters. The van der Waals surface area contributed by atoms with Crippen molar-refractivity contribution in [2.75, 3.05) is 32.0 Å². The molecular formula is C27H36N6O2. The minimum atomic E-state index is -0.710. The predicted octanol–water partition coefficient (Wildman–Crippen LogP) is 2.29. The summed E-state index contributed by atoms with van der Waals surface area (Å²) in [7, 11) is 1.99. The van der Waals surface area contributed by atoms with Crippen molar-refractivity contribution in [3.8, 4) is 0 Å². The second kappa shape index (κ2) is 13.5. The molecule has 0 bridgehead atoms. The van der Waals surface area contributed by atoms with E-state index < -0.39 is 12.1 Å². The normalized spacial score (nSPS) is 12.9. The molecular weight excluding hydrogens is 440 g/mol. The number of nitrogens with one attached hydrogen (secondary N) is 2. The zero-order chi connectivity index (χ0) is 25.0. The van der Waals surface area contributed by atoms with E-state index in [1.165, 1.54) is 0 Å². The number of hydrogen-bond acceptors (Lipinski definition) is 6. The highest BCUT2D eigenvalue weighted by Gasteiger charge is 2.24. The van der Waals surface area contributed by atoms with Gasteiger partial charge in [0.15, 0.2) is 0 Å². The van der Waals surface area contributed by atoms with E-state index in [0.29, 0.717) is 31.5 Å². The van der Waals surface area contributed by atoms with Gasteiger partial charge in [-0.3, -0.25) is 14.6 Å². The SMILES string of the molecule is CN(CCN)CCC[C@H](N)C(=O)N[C@H](CCc1ccccc1)C(=O)Nc1ccc2ncccc2c1. The average Bonchev–Trinajstić information content (AvgIpc) is 2.87. The highest BCUT2D eigenvalue weighted by atomic mass is 16.2. The van der Waals surface area contributed by atoms with Crippen LogP contribution in [0.3, 0.4) is 0 Å². The number of carbonyl (C=O) groups is 2. The summed E-state index contributed by atoms with van der Waals surface area (Å²) < 4.78 is 0. The van der Waals surface area contributed by atoms with E-state index in [2.05, 4.69) is 20.5 Å². The molecule has 3 rings (SSSR count). The molecule has 0 radical (unpaired) electrons. The standard InChI is InChI=1S/C27H36N6O2/c1-33(18-15-28)17-6-10-23(29)26(34)32-25(13-11-20-7-3-2-4-8-20)27(35)31-22-12-14-24-21(19-22)9-5-16-30-24/h2-5,7-9,12,14,16,19,23,25H,6,10-11,13,15,17-18,28-29H2,1H3,(H,31,35)(H,32,34)/t23-,25+/m0/s1. The molecule has 35 heavy (non-hydrogen) atoms. The molecule has 2 amide bonds. The van der Waals surface area contributed by atoms with Gasteiger partial charge in [0.25, 0.3) is 0 Å². The Kier molecular flexibility index (Phi) is 10.2. The lowest BCUT2D eigenvalue weighted by Gasteiger charge is -2.22. The summed E-state index contributed by atoms with van der Waals surface area (Å²) in [5.41, 5.74) is 14.3. The molecule has 1 aromatic heterocycles. The van der Waals surface area contributed by atoms with E-state index in [1.807, 2.05) is 67.7 Å². The van der Waals surface area contributed by atoms with Crippen molar-refractivity contribution in [1.82, 2.24) is 15.2 Å². The van der Waals surface area contributed by atoms with E-state index in [4.69, 9.17) is 11.5 Å². The third kappa shape index (κ3) is 8.43. The van der Waals surface area contributed by atoms with Crippen molar-refractivity contribution in [2.45, 2.75) is 37.8 Å². The first kappa shape index (κ1) is 26.3. The van der Waals surface area contributed by atoms with Crippen molar-refractivity contribution >= 4 is 28.4 Å². The summed E-state index contributed by atoms with van der Waals surface area (Å²) in [6, 6.07) is 17.8. The maximum atomic E-state index is 13.2. The van der Waals surface area contributed by atoms with Crippen LogP contribution in [-0.2, 0) is 16.0 Å². The fourth-order valence-electron chi connectivity index (χ4n) is 3.93. The minimum Gasteiger partial charge on any atom is -0.343 e. The van der Waals surface area contributed by atoms with Gasteiger partial charge in [-0.2, -0.15) is 0 Å². The number of likely N-dealkylation sites (N-methyl/N-ethyl adjacent to an activating group) is 1. The number of benzene rings is 2. The Labute approximate surface area is 207 Å². The van der Waals surface area contributed by atoms with Crippen molar-refractivity contribution in [1.29, 1.82) is 0 Å². The number of anilines is 1. The molecule has 0 spiro atoms. The quantitative estimate of drug-likeness (QED) is 0.300. The van der Waals surface area contributed by atoms with Crippen LogP contribution in [0.25, 0.3) is 10.9 Å². The van der Waals surface area contributed by atoms with Gasteiger partial charge in [0.05, 0.1) is 11.6 Å². The first-order chi connectivity index (χ1) is 17.0. The van der Waals surface area contributed by atoms with Crippen LogP contribution < -0.4 is 22.1 Å². The Morgan fingerprint density at radius 2 is 1.80 bits per heavy atom. The molecule has 0 saturated heterocycles. The van der Waals surface area contributed by atoms with Gasteiger partial charge in [-0.15, -0.1) is 0 Å². The second-order valence-corrected chi connectivity index (χ2v) is 8.83. The number of nitrogens with two attached hydrogens (primary N) is 2. The van der Waals surface area contributed by atoms with Gasteiger partial charge in [0.2, 0.25) is 11.8 Å². The van der Waals surface area contributed by atoms with Crippen LogP contribution >= 0.6 is 0 Å². The number of aromatic nitrogens is 1. The van der Waals surface area contributed by atoms with Gasteiger partial charge < -0.3 is 27.0 Å². The van der Waals surface area contributed by atoms with Crippen LogP contribution in [0.2, 0.25) is 0 Å². The summed E-state index contributed by atoms with van der Waals surface area (Å²) >= 11 is 0. The van der Waals surface area contributed by atoms with Crippen LogP contribution in [0.1, 0.15) is 24.8 Å². The third-order valence-corrected chi connectivity index (χ3v) is 5.97. The van der Waals surface area contributed by atoms with Gasteiger partial charge in [0, 0.05) is 30.4 Å². The van der Waals surface area contributed by atoms with E-state index in [1.54, 1.807) is 6.20 Å². The Morgan fingerprint density at radius 1 is 1.00 bits per heavy atom. The van der Waals surface area contributed by atoms with Gasteiger partial charge >= 0.3 is 0 Å². The summed E-state index contributed by atoms with van der Waals surface area (Å²) in [5, 5.41) is 6.76. The molecule has 8 heteroatoms. The summed E-state index contributed by atoms with van der Waals surface area (Å²) in [6.45, 7) is 2.20. The monoisotopic (exact) mass is 476 g/mol. The van der Waals surface area contributed by atoms with E-state index in [-0.39, 0.29) is 11.8 Å². The lowest BCUT2D eigenvalue weighted by atomic mass is 10.0. The Hall–Kier alpha value is -3.33. The molecule has 0 aliphatic rings. The van der Waals surface area contributed by atoms with Crippen molar-refractivity contribution in [2.24, 2.45) is 11.5 Å². The molecule has 0 aliphatic heterocycles. The molecule has 186 valence electrons. The van der Waals surface area contributed by atoms with E-state index in [9.17, 15) is 9.59 Å². The molecule has 0 fully saturated rings. The van der Waals surface area contributed by atoms with E-state index >= 15 is 0 Å². The molecule has 0 saturated carbocycles. The van der Waals surface area contributed by atoms with Crippen molar-refractivity contribution < 1.29 is 9.59 Å². The van der Waals surface area contributed by atoms with Crippen molar-refractivity contribution in [3.05, 3.63) is 72.4 Å². The molecule has 3 aromatic rings. The van der Waals surface area contributed by atoms with Gasteiger partial charge in [0.1, 0.15) is 6.04 Å². The first-order valence-electron chi connectivity index (χ1n) is 12.1. The number of pyridine rings is 1.